The van der Waals surface area contributed by atoms with Crippen LogP contribution < -0.4 is 0 Å². The van der Waals surface area contributed by atoms with Gasteiger partial charge in [-0.3, -0.25) is 0 Å². The summed E-state index contributed by atoms with van der Waals surface area (Å²) in [5.41, 5.74) is -2.54. The molecule has 1 heterocycles. The monoisotopic (exact) mass is 624 g/mol. The number of ether oxygens (including phenoxy) is 2. The molecule has 6 fully saturated rings. The van der Waals surface area contributed by atoms with Gasteiger partial charge < -0.3 is 45.2 Å². The van der Waals surface area contributed by atoms with Crippen LogP contribution in [0.3, 0.4) is 0 Å². The minimum Gasteiger partial charge on any atom is -0.393 e. The van der Waals surface area contributed by atoms with Crippen molar-refractivity contribution in [1.82, 2.24) is 0 Å². The molecular formula is C35H60O9. The summed E-state index contributed by atoms with van der Waals surface area (Å²) in [6.45, 7) is 14.2. The van der Waals surface area contributed by atoms with Crippen LogP contribution in [0, 0.1) is 44.8 Å². The van der Waals surface area contributed by atoms with E-state index in [0.29, 0.717) is 24.7 Å². The lowest BCUT2D eigenvalue weighted by molar-refractivity contribution is -0.302. The van der Waals surface area contributed by atoms with Crippen molar-refractivity contribution in [2.45, 2.75) is 167 Å². The van der Waals surface area contributed by atoms with Gasteiger partial charge in [-0.2, -0.15) is 0 Å². The van der Waals surface area contributed by atoms with Gasteiger partial charge in [0.2, 0.25) is 0 Å². The first-order valence-electron chi connectivity index (χ1n) is 17.3. The van der Waals surface area contributed by atoms with E-state index in [-0.39, 0.29) is 52.1 Å². The van der Waals surface area contributed by atoms with Crippen LogP contribution in [0.4, 0.5) is 0 Å². The Morgan fingerprint density at radius 2 is 1.45 bits per heavy atom. The van der Waals surface area contributed by atoms with Crippen molar-refractivity contribution < 1.29 is 45.2 Å². The quantitative estimate of drug-likeness (QED) is 0.211. The maximum atomic E-state index is 11.9. The van der Waals surface area contributed by atoms with E-state index in [1.807, 2.05) is 6.92 Å². The molecule has 9 heteroatoms. The van der Waals surface area contributed by atoms with Crippen LogP contribution in [-0.2, 0) is 9.47 Å². The number of rotatable bonds is 7. The molecule has 6 rings (SSSR count). The van der Waals surface area contributed by atoms with Gasteiger partial charge in [-0.25, -0.2) is 0 Å². The Bertz CT molecular complexity index is 1100. The molecule has 0 aromatic rings. The maximum absolute atomic E-state index is 11.9. The van der Waals surface area contributed by atoms with Crippen LogP contribution in [0.15, 0.2) is 0 Å². The summed E-state index contributed by atoms with van der Waals surface area (Å²) in [5, 5.41) is 75.1. The van der Waals surface area contributed by atoms with E-state index in [0.717, 1.165) is 38.5 Å². The van der Waals surface area contributed by atoms with Crippen LogP contribution in [-0.4, -0.2) is 96.5 Å². The van der Waals surface area contributed by atoms with Crippen molar-refractivity contribution in [3.63, 3.8) is 0 Å². The summed E-state index contributed by atoms with van der Waals surface area (Å²) in [4.78, 5) is 0. The SMILES string of the molecule is CC(C)(O)C(O)CCC(C)(O)C1C(O)CC2(C)C3CCC4C(C)(C)C(OC5OCC(O)C(O)C5O)CCC45CC35CCC12C. The molecule has 5 aliphatic carbocycles. The van der Waals surface area contributed by atoms with Gasteiger partial charge in [0.15, 0.2) is 6.29 Å². The molecule has 0 aromatic carbocycles. The highest BCUT2D eigenvalue weighted by molar-refractivity contribution is 5.31. The van der Waals surface area contributed by atoms with E-state index >= 15 is 0 Å². The lowest BCUT2D eigenvalue weighted by atomic mass is 9.41. The number of aliphatic hydroxyl groups excluding tert-OH is 5. The van der Waals surface area contributed by atoms with E-state index in [2.05, 4.69) is 27.7 Å². The van der Waals surface area contributed by atoms with Gasteiger partial charge in [0.05, 0.1) is 36.1 Å². The first-order valence-corrected chi connectivity index (χ1v) is 17.3. The third-order valence-electron chi connectivity index (χ3n) is 15.2. The summed E-state index contributed by atoms with van der Waals surface area (Å²) in [6.07, 6.45) is 2.15. The van der Waals surface area contributed by atoms with Gasteiger partial charge in [0.1, 0.15) is 18.3 Å². The number of fused-ring (bicyclic) bond motifs is 2. The first-order chi connectivity index (χ1) is 20.2. The third-order valence-corrected chi connectivity index (χ3v) is 15.2. The molecule has 15 atom stereocenters. The molecule has 15 unspecified atom stereocenters. The zero-order chi connectivity index (χ0) is 32.5. The average molecular weight is 625 g/mol. The van der Waals surface area contributed by atoms with E-state index in [1.165, 1.54) is 6.42 Å². The molecule has 6 aliphatic rings. The van der Waals surface area contributed by atoms with Crippen molar-refractivity contribution in [3.8, 4) is 0 Å². The fourth-order valence-electron chi connectivity index (χ4n) is 12.7. The Morgan fingerprint density at radius 1 is 0.818 bits per heavy atom. The predicted molar refractivity (Wildman–Crippen MR) is 163 cm³/mol. The minimum atomic E-state index is -1.29. The molecule has 1 saturated heterocycles. The largest absolute Gasteiger partial charge is 0.393 e. The highest BCUT2D eigenvalue weighted by atomic mass is 16.7. The molecule has 44 heavy (non-hydrogen) atoms. The molecule has 254 valence electrons. The molecule has 2 spiro atoms. The zero-order valence-corrected chi connectivity index (χ0v) is 28.0. The van der Waals surface area contributed by atoms with Gasteiger partial charge >= 0.3 is 0 Å². The highest BCUT2D eigenvalue weighted by Gasteiger charge is 2.83. The van der Waals surface area contributed by atoms with E-state index in [1.54, 1.807) is 13.8 Å². The fraction of sp³-hybridized carbons (Fsp3) is 1.00. The molecule has 1 aliphatic heterocycles. The van der Waals surface area contributed by atoms with Crippen molar-refractivity contribution in [1.29, 1.82) is 0 Å². The fourth-order valence-corrected chi connectivity index (χ4v) is 12.7. The lowest BCUT2D eigenvalue weighted by Crippen LogP contribution is -2.60. The van der Waals surface area contributed by atoms with Gasteiger partial charge in [0, 0.05) is 5.92 Å². The van der Waals surface area contributed by atoms with Crippen molar-refractivity contribution in [3.05, 3.63) is 0 Å². The Labute approximate surface area is 263 Å². The van der Waals surface area contributed by atoms with Crippen LogP contribution in [0.2, 0.25) is 0 Å². The Kier molecular flexibility index (Phi) is 7.87. The molecule has 9 nitrogen and oxygen atoms in total. The van der Waals surface area contributed by atoms with E-state index in [9.17, 15) is 35.7 Å². The standard InChI is InChI=1S/C35H60O9/c1-29(2)21-8-9-22-32(6)16-19(36)27(33(7,42)12-10-23(38)30(3,4)41)31(32,5)14-15-35(22)18-34(21,35)13-11-24(29)44-28-26(40)25(39)20(37)17-43-28/h19-28,36-42H,8-18H2,1-7H3. The van der Waals surface area contributed by atoms with Gasteiger partial charge in [-0.1, -0.05) is 27.7 Å². The Morgan fingerprint density at radius 3 is 2.11 bits per heavy atom. The smallest absolute Gasteiger partial charge is 0.186 e. The van der Waals surface area contributed by atoms with Crippen LogP contribution >= 0.6 is 0 Å². The second kappa shape index (κ2) is 10.3. The molecular weight excluding hydrogens is 564 g/mol. The normalized spacial score (nSPS) is 53.5. The van der Waals surface area contributed by atoms with E-state index in [4.69, 9.17) is 9.47 Å². The van der Waals surface area contributed by atoms with E-state index < -0.39 is 48.0 Å². The predicted octanol–water partition coefficient (Wildman–Crippen LogP) is 2.88. The molecule has 5 saturated carbocycles. The van der Waals surface area contributed by atoms with Gasteiger partial charge in [0.25, 0.3) is 0 Å². The minimum absolute atomic E-state index is 0.0642. The van der Waals surface area contributed by atoms with Crippen LogP contribution in [0.25, 0.3) is 0 Å². The Hall–Kier alpha value is -0.360. The van der Waals surface area contributed by atoms with Crippen LogP contribution in [0.1, 0.15) is 113 Å². The molecule has 0 radical (unpaired) electrons. The summed E-state index contributed by atoms with van der Waals surface area (Å²) >= 11 is 0. The maximum Gasteiger partial charge on any atom is 0.186 e. The summed E-state index contributed by atoms with van der Waals surface area (Å²) in [7, 11) is 0. The van der Waals surface area contributed by atoms with Crippen molar-refractivity contribution in [2.24, 2.45) is 44.8 Å². The highest BCUT2D eigenvalue weighted by Crippen LogP contribution is 2.89. The second-order valence-electron chi connectivity index (χ2n) is 18.1. The van der Waals surface area contributed by atoms with Crippen molar-refractivity contribution in [2.75, 3.05) is 6.61 Å². The number of hydrogen-bond acceptors (Lipinski definition) is 9. The second-order valence-corrected chi connectivity index (χ2v) is 18.1. The van der Waals surface area contributed by atoms with Crippen LogP contribution in [0.5, 0.6) is 0 Å². The third kappa shape index (κ3) is 4.50. The van der Waals surface area contributed by atoms with Gasteiger partial charge in [-0.15, -0.1) is 0 Å². The topological polar surface area (TPSA) is 160 Å². The Balaban J connectivity index is 1.21. The van der Waals surface area contributed by atoms with Gasteiger partial charge in [-0.05, 0) is 124 Å². The summed E-state index contributed by atoms with van der Waals surface area (Å²) < 4.78 is 12.1. The summed E-state index contributed by atoms with van der Waals surface area (Å²) in [5.74, 6) is 0.591. The number of hydrogen-bond donors (Lipinski definition) is 7. The summed E-state index contributed by atoms with van der Waals surface area (Å²) in [6, 6.07) is 0. The molecule has 7 N–H and O–H groups in total. The van der Waals surface area contributed by atoms with Crippen molar-refractivity contribution >= 4 is 0 Å². The molecule has 0 bridgehead atoms. The average Bonchev–Trinajstić information content (AvgIpc) is 3.52. The zero-order valence-electron chi connectivity index (χ0n) is 28.0. The first kappa shape index (κ1) is 33.5. The molecule has 0 amide bonds. The lowest BCUT2D eigenvalue weighted by Gasteiger charge is -2.64. The number of aliphatic hydroxyl groups is 7. The molecule has 0 aromatic heterocycles.